The fourth-order valence-corrected chi connectivity index (χ4v) is 5.11. The van der Waals surface area contributed by atoms with Gasteiger partial charge in [-0.3, -0.25) is 4.79 Å². The van der Waals surface area contributed by atoms with Crippen molar-refractivity contribution < 1.29 is 9.32 Å². The Bertz CT molecular complexity index is 1180. The third-order valence-electron chi connectivity index (χ3n) is 4.70. The molecule has 7 heteroatoms. The number of fused-ring (bicyclic) bond motifs is 2. The summed E-state index contributed by atoms with van der Waals surface area (Å²) >= 11 is 3.17. The largest absolute Gasteiger partial charge is 0.333 e. The fourth-order valence-electron chi connectivity index (χ4n) is 3.35. The number of hydrogen-bond donors (Lipinski definition) is 0. The number of carbonyl (C=O) groups is 1. The fraction of sp³-hybridized carbons (Fsp3) is 0.136. The highest BCUT2D eigenvalue weighted by atomic mass is 32.2. The maximum absolute atomic E-state index is 13.2. The number of thiophene rings is 1. The minimum absolute atomic E-state index is 0.0426. The van der Waals surface area contributed by atoms with E-state index in [4.69, 9.17) is 4.52 Å². The molecule has 0 radical (unpaired) electrons. The highest BCUT2D eigenvalue weighted by Gasteiger charge is 2.27. The molecule has 0 spiro atoms. The molecule has 0 aliphatic carbocycles. The molecule has 29 heavy (non-hydrogen) atoms. The van der Waals surface area contributed by atoms with E-state index in [0.29, 0.717) is 18.3 Å². The SMILES string of the molecule is CCCN1C(=O)c2ccccc2Sc2cc(-c3noc(-c4cccs4)n3)ccc21. The van der Waals surface area contributed by atoms with E-state index in [0.717, 1.165) is 37.9 Å². The van der Waals surface area contributed by atoms with E-state index < -0.39 is 0 Å². The Morgan fingerprint density at radius 1 is 1.07 bits per heavy atom. The lowest BCUT2D eigenvalue weighted by molar-refractivity contribution is 0.0984. The van der Waals surface area contributed by atoms with Crippen LogP contribution in [0.2, 0.25) is 0 Å². The molecular weight excluding hydrogens is 402 g/mol. The van der Waals surface area contributed by atoms with Crippen LogP contribution in [-0.4, -0.2) is 22.6 Å². The van der Waals surface area contributed by atoms with Gasteiger partial charge >= 0.3 is 0 Å². The normalized spacial score (nSPS) is 13.1. The molecule has 5 rings (SSSR count). The summed E-state index contributed by atoms with van der Waals surface area (Å²) in [6.45, 7) is 2.75. The van der Waals surface area contributed by atoms with Gasteiger partial charge in [-0.25, -0.2) is 0 Å². The number of anilines is 1. The number of carbonyl (C=O) groups excluding carboxylic acids is 1. The molecule has 0 saturated heterocycles. The lowest BCUT2D eigenvalue weighted by Gasteiger charge is -2.22. The molecule has 0 fully saturated rings. The zero-order valence-electron chi connectivity index (χ0n) is 15.7. The van der Waals surface area contributed by atoms with Crippen LogP contribution in [0.25, 0.3) is 22.2 Å². The predicted molar refractivity (Wildman–Crippen MR) is 116 cm³/mol. The molecule has 5 nitrogen and oxygen atoms in total. The Morgan fingerprint density at radius 3 is 2.79 bits per heavy atom. The summed E-state index contributed by atoms with van der Waals surface area (Å²) in [5.41, 5.74) is 2.53. The van der Waals surface area contributed by atoms with Crippen molar-refractivity contribution in [3.05, 3.63) is 65.5 Å². The van der Waals surface area contributed by atoms with Crippen LogP contribution in [0.4, 0.5) is 5.69 Å². The molecule has 0 unspecified atom stereocenters. The summed E-state index contributed by atoms with van der Waals surface area (Å²) in [6, 6.07) is 17.7. The van der Waals surface area contributed by atoms with E-state index >= 15 is 0 Å². The molecule has 2 aromatic carbocycles. The van der Waals surface area contributed by atoms with Crippen LogP contribution < -0.4 is 4.90 Å². The first kappa shape index (κ1) is 18.1. The van der Waals surface area contributed by atoms with Crippen molar-refractivity contribution in [2.45, 2.75) is 23.1 Å². The van der Waals surface area contributed by atoms with Crippen molar-refractivity contribution in [2.75, 3.05) is 11.4 Å². The van der Waals surface area contributed by atoms with E-state index in [2.05, 4.69) is 17.1 Å². The summed E-state index contributed by atoms with van der Waals surface area (Å²) in [6.07, 6.45) is 0.884. The minimum atomic E-state index is 0.0426. The Morgan fingerprint density at radius 2 is 1.97 bits per heavy atom. The van der Waals surface area contributed by atoms with Gasteiger partial charge in [0.25, 0.3) is 11.8 Å². The zero-order valence-corrected chi connectivity index (χ0v) is 17.3. The number of aromatic nitrogens is 2. The molecule has 1 aliphatic heterocycles. The van der Waals surface area contributed by atoms with E-state index in [1.54, 1.807) is 23.1 Å². The summed E-state index contributed by atoms with van der Waals surface area (Å²) < 4.78 is 5.44. The first-order chi connectivity index (χ1) is 14.2. The van der Waals surface area contributed by atoms with E-state index in [9.17, 15) is 4.79 Å². The topological polar surface area (TPSA) is 59.2 Å². The molecule has 0 saturated carbocycles. The Hall–Kier alpha value is -2.90. The molecule has 1 aliphatic rings. The second kappa shape index (κ2) is 7.50. The molecule has 3 heterocycles. The monoisotopic (exact) mass is 419 g/mol. The minimum Gasteiger partial charge on any atom is -0.333 e. The van der Waals surface area contributed by atoms with Crippen LogP contribution in [0, 0.1) is 0 Å². The van der Waals surface area contributed by atoms with Gasteiger partial charge in [0.2, 0.25) is 5.82 Å². The average molecular weight is 420 g/mol. The van der Waals surface area contributed by atoms with Crippen LogP contribution in [-0.2, 0) is 0 Å². The smallest absolute Gasteiger partial charge is 0.268 e. The van der Waals surface area contributed by atoms with Gasteiger partial charge in [0.15, 0.2) is 0 Å². The standard InChI is InChI=1S/C22H17N3O2S2/c1-2-11-25-16-10-9-14(20-23-21(27-24-20)18-8-5-12-28-18)13-19(16)29-17-7-4-3-6-15(17)22(25)26/h3-10,12-13H,2,11H2,1H3. The lowest BCUT2D eigenvalue weighted by Crippen LogP contribution is -2.31. The molecule has 2 aromatic heterocycles. The molecule has 0 atom stereocenters. The molecule has 0 N–H and O–H groups in total. The number of hydrogen-bond acceptors (Lipinski definition) is 6. The summed E-state index contributed by atoms with van der Waals surface area (Å²) in [5.74, 6) is 1.11. The van der Waals surface area contributed by atoms with Crippen LogP contribution in [0.3, 0.4) is 0 Å². The number of amides is 1. The van der Waals surface area contributed by atoms with Gasteiger partial charge in [-0.15, -0.1) is 11.3 Å². The molecule has 4 aromatic rings. The van der Waals surface area contributed by atoms with Crippen molar-refractivity contribution in [3.8, 4) is 22.2 Å². The summed E-state index contributed by atoms with van der Waals surface area (Å²) in [7, 11) is 0. The Kier molecular flexibility index (Phi) is 4.69. The van der Waals surface area contributed by atoms with Crippen molar-refractivity contribution in [2.24, 2.45) is 0 Å². The van der Waals surface area contributed by atoms with Crippen LogP contribution in [0.5, 0.6) is 0 Å². The van der Waals surface area contributed by atoms with Crippen molar-refractivity contribution in [1.29, 1.82) is 0 Å². The third kappa shape index (κ3) is 3.26. The first-order valence-electron chi connectivity index (χ1n) is 9.35. The highest BCUT2D eigenvalue weighted by Crippen LogP contribution is 2.43. The molecular formula is C22H17N3O2S2. The van der Waals surface area contributed by atoms with Crippen molar-refractivity contribution >= 4 is 34.7 Å². The van der Waals surface area contributed by atoms with Gasteiger partial charge in [-0.05, 0) is 48.2 Å². The van der Waals surface area contributed by atoms with Gasteiger partial charge in [-0.1, -0.05) is 42.0 Å². The van der Waals surface area contributed by atoms with Gasteiger partial charge in [-0.2, -0.15) is 4.98 Å². The molecule has 144 valence electrons. The van der Waals surface area contributed by atoms with Gasteiger partial charge in [0.1, 0.15) is 0 Å². The van der Waals surface area contributed by atoms with Gasteiger partial charge in [0, 0.05) is 21.9 Å². The van der Waals surface area contributed by atoms with E-state index in [1.807, 2.05) is 64.9 Å². The Balaban J connectivity index is 1.59. The van der Waals surface area contributed by atoms with Crippen molar-refractivity contribution in [3.63, 3.8) is 0 Å². The van der Waals surface area contributed by atoms with Crippen LogP contribution in [0.1, 0.15) is 23.7 Å². The molecule has 1 amide bonds. The third-order valence-corrected chi connectivity index (χ3v) is 6.68. The van der Waals surface area contributed by atoms with Gasteiger partial charge < -0.3 is 9.42 Å². The molecule has 0 bridgehead atoms. The van der Waals surface area contributed by atoms with E-state index in [-0.39, 0.29) is 5.91 Å². The van der Waals surface area contributed by atoms with E-state index in [1.165, 1.54) is 0 Å². The lowest BCUT2D eigenvalue weighted by atomic mass is 10.1. The predicted octanol–water partition coefficient (Wildman–Crippen LogP) is 5.99. The summed E-state index contributed by atoms with van der Waals surface area (Å²) in [5, 5.41) is 6.14. The first-order valence-corrected chi connectivity index (χ1v) is 11.0. The van der Waals surface area contributed by atoms with Crippen molar-refractivity contribution in [1.82, 2.24) is 10.1 Å². The van der Waals surface area contributed by atoms with Crippen LogP contribution >= 0.6 is 23.1 Å². The Labute approximate surface area is 176 Å². The quantitative estimate of drug-likeness (QED) is 0.407. The zero-order chi connectivity index (χ0) is 19.8. The summed E-state index contributed by atoms with van der Waals surface area (Å²) in [4.78, 5) is 22.5. The second-order valence-electron chi connectivity index (χ2n) is 6.64. The highest BCUT2D eigenvalue weighted by molar-refractivity contribution is 7.99. The van der Waals surface area contributed by atoms with Gasteiger partial charge in [0.05, 0.1) is 16.1 Å². The number of benzene rings is 2. The van der Waals surface area contributed by atoms with Crippen LogP contribution in [0.15, 0.2) is 74.3 Å². The number of rotatable bonds is 4. The maximum atomic E-state index is 13.2. The second-order valence-corrected chi connectivity index (χ2v) is 8.67. The number of nitrogens with zero attached hydrogens (tertiary/aromatic N) is 3. The maximum Gasteiger partial charge on any atom is 0.268 e. The average Bonchev–Trinajstić information content (AvgIpc) is 3.42.